The number of methoxy groups -OCH3 is 2. The molecule has 23 heavy (non-hydrogen) atoms. The van der Waals surface area contributed by atoms with Gasteiger partial charge < -0.3 is 19.3 Å². The molecule has 3 aromatic rings. The molecule has 1 N–H and O–H groups in total. The van der Waals surface area contributed by atoms with E-state index in [1.54, 1.807) is 26.5 Å². The smallest absolute Gasteiger partial charge is 0.134 e. The van der Waals surface area contributed by atoms with E-state index in [2.05, 4.69) is 9.97 Å². The first-order valence-corrected chi connectivity index (χ1v) is 7.26. The lowest BCUT2D eigenvalue weighted by atomic mass is 10.1. The van der Waals surface area contributed by atoms with Crippen molar-refractivity contribution in [1.82, 2.24) is 9.97 Å². The summed E-state index contributed by atoms with van der Waals surface area (Å²) in [5, 5.41) is 11.1. The van der Waals surface area contributed by atoms with E-state index in [0.717, 1.165) is 16.3 Å². The molecule has 2 heterocycles. The topological polar surface area (TPSA) is 73.7 Å². The average Bonchev–Trinajstić information content (AvgIpc) is 2.60. The molecule has 0 saturated carbocycles. The van der Waals surface area contributed by atoms with E-state index in [0.29, 0.717) is 35.9 Å². The van der Waals surface area contributed by atoms with E-state index >= 15 is 0 Å². The average molecular weight is 314 g/mol. The molecule has 0 fully saturated rings. The van der Waals surface area contributed by atoms with Crippen molar-refractivity contribution in [3.63, 3.8) is 0 Å². The fourth-order valence-corrected chi connectivity index (χ4v) is 2.52. The Bertz CT molecular complexity index is 836. The predicted molar refractivity (Wildman–Crippen MR) is 86.9 cm³/mol. The quantitative estimate of drug-likeness (QED) is 0.556. The fraction of sp³-hybridized carbons (Fsp3) is 0.294. The zero-order valence-corrected chi connectivity index (χ0v) is 13.1. The molecule has 1 aromatic carbocycles. The van der Waals surface area contributed by atoms with Crippen LogP contribution in [0.4, 0.5) is 0 Å². The highest BCUT2D eigenvalue weighted by Crippen LogP contribution is 2.38. The van der Waals surface area contributed by atoms with Crippen molar-refractivity contribution >= 4 is 21.8 Å². The lowest BCUT2D eigenvalue weighted by molar-refractivity contribution is 0.147. The highest BCUT2D eigenvalue weighted by Gasteiger charge is 2.16. The molecule has 0 bridgehead atoms. The summed E-state index contributed by atoms with van der Waals surface area (Å²) in [6.45, 7) is 0.731. The van der Waals surface area contributed by atoms with Crippen LogP contribution in [-0.4, -0.2) is 42.5 Å². The van der Waals surface area contributed by atoms with E-state index in [4.69, 9.17) is 14.2 Å². The number of ether oxygens (including phenoxy) is 3. The van der Waals surface area contributed by atoms with Crippen LogP contribution in [0.1, 0.15) is 5.69 Å². The van der Waals surface area contributed by atoms with Crippen LogP contribution in [0.25, 0.3) is 21.8 Å². The third-order valence-electron chi connectivity index (χ3n) is 3.56. The first-order valence-electron chi connectivity index (χ1n) is 7.26. The standard InChI is InChI=1S/C17H18N2O4/c1-21-6-7-23-14-8-11-4-3-5-18-16(11)17-15(14)13(22-2)9-12(10-20)19-17/h3-5,8-9,20H,6-7,10H2,1-2H3. The van der Waals surface area contributed by atoms with Crippen LogP contribution >= 0.6 is 0 Å². The predicted octanol–water partition coefficient (Wildman–Crippen LogP) is 2.31. The molecule has 2 aromatic heterocycles. The summed E-state index contributed by atoms with van der Waals surface area (Å²) in [6, 6.07) is 7.44. The summed E-state index contributed by atoms with van der Waals surface area (Å²) in [7, 11) is 3.21. The van der Waals surface area contributed by atoms with Gasteiger partial charge in [-0.1, -0.05) is 6.07 Å². The van der Waals surface area contributed by atoms with Crippen molar-refractivity contribution < 1.29 is 19.3 Å². The molecule has 0 amide bonds. The summed E-state index contributed by atoms with van der Waals surface area (Å²) in [5.74, 6) is 1.26. The molecule has 0 atom stereocenters. The largest absolute Gasteiger partial charge is 0.496 e. The highest BCUT2D eigenvalue weighted by atomic mass is 16.5. The van der Waals surface area contributed by atoms with Gasteiger partial charge in [-0.15, -0.1) is 0 Å². The van der Waals surface area contributed by atoms with Crippen molar-refractivity contribution in [2.75, 3.05) is 27.4 Å². The lowest BCUT2D eigenvalue weighted by Crippen LogP contribution is -2.06. The van der Waals surface area contributed by atoms with Gasteiger partial charge >= 0.3 is 0 Å². The molecule has 6 nitrogen and oxygen atoms in total. The van der Waals surface area contributed by atoms with E-state index in [1.807, 2.05) is 18.2 Å². The van der Waals surface area contributed by atoms with Gasteiger partial charge in [0.05, 0.1) is 36.9 Å². The molecule has 120 valence electrons. The minimum absolute atomic E-state index is 0.171. The Hall–Kier alpha value is -2.44. The summed E-state index contributed by atoms with van der Waals surface area (Å²) in [4.78, 5) is 8.93. The second-order valence-corrected chi connectivity index (χ2v) is 4.99. The molecule has 0 aliphatic carbocycles. The maximum Gasteiger partial charge on any atom is 0.134 e. The van der Waals surface area contributed by atoms with Gasteiger partial charge in [0, 0.05) is 24.8 Å². The van der Waals surface area contributed by atoms with Crippen LogP contribution in [0.3, 0.4) is 0 Å². The second kappa shape index (κ2) is 6.76. The SMILES string of the molecule is COCCOc1cc2cccnc2c2nc(CO)cc(OC)c12. The summed E-state index contributed by atoms with van der Waals surface area (Å²) >= 11 is 0. The van der Waals surface area contributed by atoms with Gasteiger partial charge in [0.1, 0.15) is 23.6 Å². The van der Waals surface area contributed by atoms with Gasteiger partial charge in [0.2, 0.25) is 0 Å². The van der Waals surface area contributed by atoms with Crippen molar-refractivity contribution in [2.45, 2.75) is 6.61 Å². The van der Waals surface area contributed by atoms with Gasteiger partial charge in [-0.05, 0) is 12.1 Å². The van der Waals surface area contributed by atoms with Crippen molar-refractivity contribution in [3.05, 3.63) is 36.2 Å². The van der Waals surface area contributed by atoms with E-state index in [-0.39, 0.29) is 6.61 Å². The van der Waals surface area contributed by atoms with Gasteiger partial charge in [0.25, 0.3) is 0 Å². The number of nitrogens with zero attached hydrogens (tertiary/aromatic N) is 2. The van der Waals surface area contributed by atoms with E-state index < -0.39 is 0 Å². The Balaban J connectivity index is 2.30. The van der Waals surface area contributed by atoms with Crippen LogP contribution < -0.4 is 9.47 Å². The third kappa shape index (κ3) is 2.91. The molecule has 0 unspecified atom stereocenters. The normalized spacial score (nSPS) is 11.1. The first kappa shape index (κ1) is 15.5. The third-order valence-corrected chi connectivity index (χ3v) is 3.56. The molecular weight excluding hydrogens is 296 g/mol. The summed E-state index contributed by atoms with van der Waals surface area (Å²) < 4.78 is 16.4. The van der Waals surface area contributed by atoms with Gasteiger partial charge in [-0.25, -0.2) is 4.98 Å². The number of fused-ring (bicyclic) bond motifs is 3. The number of aliphatic hydroxyl groups excluding tert-OH is 1. The van der Waals surface area contributed by atoms with E-state index in [1.165, 1.54) is 0 Å². The Morgan fingerprint density at radius 1 is 1.09 bits per heavy atom. The number of aliphatic hydroxyl groups is 1. The fourth-order valence-electron chi connectivity index (χ4n) is 2.52. The molecular formula is C17H18N2O4. The number of rotatable bonds is 6. The van der Waals surface area contributed by atoms with Crippen LogP contribution in [0.15, 0.2) is 30.5 Å². The maximum atomic E-state index is 9.45. The van der Waals surface area contributed by atoms with Crippen molar-refractivity contribution in [1.29, 1.82) is 0 Å². The second-order valence-electron chi connectivity index (χ2n) is 4.99. The molecule has 0 radical (unpaired) electrons. The van der Waals surface area contributed by atoms with Crippen LogP contribution in [0.2, 0.25) is 0 Å². The minimum atomic E-state index is -0.171. The van der Waals surface area contributed by atoms with Crippen molar-refractivity contribution in [2.24, 2.45) is 0 Å². The number of benzene rings is 1. The minimum Gasteiger partial charge on any atom is -0.496 e. The Kier molecular flexibility index (Phi) is 4.55. The maximum absolute atomic E-state index is 9.45. The van der Waals surface area contributed by atoms with Gasteiger partial charge in [-0.2, -0.15) is 0 Å². The number of hydrogen-bond donors (Lipinski definition) is 1. The first-order chi connectivity index (χ1) is 11.3. The molecule has 6 heteroatoms. The van der Waals surface area contributed by atoms with E-state index in [9.17, 15) is 5.11 Å². The highest BCUT2D eigenvalue weighted by molar-refractivity contribution is 6.08. The summed E-state index contributed by atoms with van der Waals surface area (Å²) in [5.41, 5.74) is 1.92. The van der Waals surface area contributed by atoms with Crippen LogP contribution in [0, 0.1) is 0 Å². The number of aromatic nitrogens is 2. The molecule has 3 rings (SSSR count). The Labute approximate surface area is 133 Å². The van der Waals surface area contributed by atoms with Crippen LogP contribution in [0.5, 0.6) is 11.5 Å². The summed E-state index contributed by atoms with van der Waals surface area (Å²) in [6.07, 6.45) is 1.72. The molecule has 0 saturated heterocycles. The Morgan fingerprint density at radius 2 is 1.96 bits per heavy atom. The van der Waals surface area contributed by atoms with Gasteiger partial charge in [0.15, 0.2) is 0 Å². The van der Waals surface area contributed by atoms with Gasteiger partial charge in [-0.3, -0.25) is 4.98 Å². The zero-order chi connectivity index (χ0) is 16.2. The zero-order valence-electron chi connectivity index (χ0n) is 13.1. The molecule has 0 spiro atoms. The molecule has 0 aliphatic rings. The monoisotopic (exact) mass is 314 g/mol. The molecule has 0 aliphatic heterocycles. The number of hydrogen-bond acceptors (Lipinski definition) is 6. The lowest BCUT2D eigenvalue weighted by Gasteiger charge is -2.14. The van der Waals surface area contributed by atoms with Crippen molar-refractivity contribution in [3.8, 4) is 11.5 Å². The Morgan fingerprint density at radius 3 is 2.70 bits per heavy atom. The van der Waals surface area contributed by atoms with Crippen LogP contribution in [-0.2, 0) is 11.3 Å². The number of pyridine rings is 2.